The van der Waals surface area contributed by atoms with Crippen molar-refractivity contribution in [3.8, 4) is 0 Å². The Kier molecular flexibility index (Phi) is 3.33. The summed E-state index contributed by atoms with van der Waals surface area (Å²) in [5, 5.41) is 0. The maximum atomic E-state index is 11.9. The van der Waals surface area contributed by atoms with Gasteiger partial charge < -0.3 is 0 Å². The molecule has 15 heavy (non-hydrogen) atoms. The summed E-state index contributed by atoms with van der Waals surface area (Å²) < 4.78 is 0. The predicted octanol–water partition coefficient (Wildman–Crippen LogP) is 3.35. The first kappa shape index (κ1) is 10.2. The Morgan fingerprint density at radius 3 is 2.87 bits per heavy atom. The van der Waals surface area contributed by atoms with Gasteiger partial charge in [0.15, 0.2) is 5.78 Å². The Hall–Kier alpha value is -1.37. The van der Waals surface area contributed by atoms with Crippen LogP contribution in [0.5, 0.6) is 0 Å². The van der Waals surface area contributed by atoms with E-state index in [-0.39, 0.29) is 5.78 Å². The van der Waals surface area contributed by atoms with Gasteiger partial charge in [-0.05, 0) is 25.2 Å². The number of allylic oxidation sites excluding steroid dienone is 8. The SMILES string of the molecule is O=C(CC1C=CC=CC1)C1=CCCC=C1. The van der Waals surface area contributed by atoms with Crippen molar-refractivity contribution in [2.75, 3.05) is 0 Å². The highest BCUT2D eigenvalue weighted by atomic mass is 16.1. The second-order valence-electron chi connectivity index (χ2n) is 4.08. The highest BCUT2D eigenvalue weighted by Crippen LogP contribution is 2.20. The first-order valence-corrected chi connectivity index (χ1v) is 5.59. The van der Waals surface area contributed by atoms with E-state index < -0.39 is 0 Å². The average Bonchev–Trinajstić information content (AvgIpc) is 2.31. The van der Waals surface area contributed by atoms with Crippen molar-refractivity contribution < 1.29 is 4.79 Å². The van der Waals surface area contributed by atoms with E-state index >= 15 is 0 Å². The predicted molar refractivity (Wildman–Crippen MR) is 62.5 cm³/mol. The molecule has 0 fully saturated rings. The standard InChI is InChI=1S/C14H16O/c15-14(13-9-5-2-6-10-13)11-12-7-3-1-4-8-12/h1,3-5,7,9-10,12H,2,6,8,11H2. The second kappa shape index (κ2) is 4.92. The van der Waals surface area contributed by atoms with Crippen molar-refractivity contribution in [1.82, 2.24) is 0 Å². The number of Topliss-reactive ketones (excluding diaryl/α,β-unsaturated/α-hetero) is 1. The Labute approximate surface area is 90.9 Å². The molecule has 0 radical (unpaired) electrons. The summed E-state index contributed by atoms with van der Waals surface area (Å²) in [5.74, 6) is 0.689. The van der Waals surface area contributed by atoms with Crippen LogP contribution in [0.3, 0.4) is 0 Å². The molecule has 0 heterocycles. The van der Waals surface area contributed by atoms with Gasteiger partial charge in [0.1, 0.15) is 0 Å². The van der Waals surface area contributed by atoms with Gasteiger partial charge in [-0.3, -0.25) is 4.79 Å². The van der Waals surface area contributed by atoms with Gasteiger partial charge in [0, 0.05) is 12.0 Å². The summed E-state index contributed by atoms with van der Waals surface area (Å²) in [6, 6.07) is 0. The van der Waals surface area contributed by atoms with Crippen LogP contribution in [0.15, 0.2) is 48.1 Å². The lowest BCUT2D eigenvalue weighted by Crippen LogP contribution is -2.09. The van der Waals surface area contributed by atoms with Gasteiger partial charge in [0.2, 0.25) is 0 Å². The fourth-order valence-corrected chi connectivity index (χ4v) is 1.96. The maximum absolute atomic E-state index is 11.9. The van der Waals surface area contributed by atoms with E-state index in [9.17, 15) is 4.79 Å². The zero-order chi connectivity index (χ0) is 10.5. The van der Waals surface area contributed by atoms with Crippen LogP contribution in [0, 0.1) is 5.92 Å². The normalized spacial score (nSPS) is 24.0. The molecule has 0 aromatic heterocycles. The van der Waals surface area contributed by atoms with Crippen LogP contribution < -0.4 is 0 Å². The molecule has 78 valence electrons. The van der Waals surface area contributed by atoms with Gasteiger partial charge in [0.25, 0.3) is 0 Å². The van der Waals surface area contributed by atoms with Gasteiger partial charge in [-0.1, -0.05) is 42.5 Å². The number of hydrogen-bond acceptors (Lipinski definition) is 1. The Balaban J connectivity index is 1.92. The largest absolute Gasteiger partial charge is 0.294 e. The monoisotopic (exact) mass is 200 g/mol. The molecule has 0 aromatic carbocycles. The average molecular weight is 200 g/mol. The summed E-state index contributed by atoms with van der Waals surface area (Å²) >= 11 is 0. The molecule has 1 heteroatoms. The van der Waals surface area contributed by atoms with Crippen molar-refractivity contribution in [3.05, 3.63) is 48.1 Å². The highest BCUT2D eigenvalue weighted by Gasteiger charge is 2.14. The van der Waals surface area contributed by atoms with Gasteiger partial charge in [-0.15, -0.1) is 0 Å². The van der Waals surface area contributed by atoms with Crippen LogP contribution in [0.1, 0.15) is 25.7 Å². The summed E-state index contributed by atoms with van der Waals surface area (Å²) in [5.41, 5.74) is 0.907. The van der Waals surface area contributed by atoms with E-state index in [1.165, 1.54) is 0 Å². The number of carbonyl (C=O) groups excluding carboxylic acids is 1. The second-order valence-corrected chi connectivity index (χ2v) is 4.08. The third kappa shape index (κ3) is 2.79. The van der Waals surface area contributed by atoms with Gasteiger partial charge in [-0.2, -0.15) is 0 Å². The fourth-order valence-electron chi connectivity index (χ4n) is 1.96. The summed E-state index contributed by atoms with van der Waals surface area (Å²) in [4.78, 5) is 11.9. The molecule has 1 atom stereocenters. The van der Waals surface area contributed by atoms with Crippen LogP contribution in [0.4, 0.5) is 0 Å². The molecular formula is C14H16O. The Bertz CT molecular complexity index is 356. The minimum Gasteiger partial charge on any atom is -0.294 e. The molecule has 0 saturated heterocycles. The van der Waals surface area contributed by atoms with E-state index in [0.717, 1.165) is 24.8 Å². The van der Waals surface area contributed by atoms with E-state index in [1.54, 1.807) is 0 Å². The lowest BCUT2D eigenvalue weighted by molar-refractivity contribution is -0.115. The fraction of sp³-hybridized carbons (Fsp3) is 0.357. The van der Waals surface area contributed by atoms with Crippen LogP contribution in [0.25, 0.3) is 0 Å². The van der Waals surface area contributed by atoms with E-state index in [4.69, 9.17) is 0 Å². The zero-order valence-corrected chi connectivity index (χ0v) is 8.86. The first-order valence-electron chi connectivity index (χ1n) is 5.59. The first-order chi connectivity index (χ1) is 7.36. The molecule has 0 spiro atoms. The molecule has 1 nitrogen and oxygen atoms in total. The van der Waals surface area contributed by atoms with Gasteiger partial charge >= 0.3 is 0 Å². The Morgan fingerprint density at radius 1 is 1.27 bits per heavy atom. The molecular weight excluding hydrogens is 184 g/mol. The minimum absolute atomic E-state index is 0.288. The van der Waals surface area contributed by atoms with Crippen LogP contribution in [-0.2, 0) is 4.79 Å². The molecule has 0 aromatic rings. The minimum atomic E-state index is 0.288. The molecule has 0 N–H and O–H groups in total. The summed E-state index contributed by atoms with van der Waals surface area (Å²) in [7, 11) is 0. The lowest BCUT2D eigenvalue weighted by atomic mass is 9.91. The highest BCUT2D eigenvalue weighted by molar-refractivity contribution is 5.98. The van der Waals surface area contributed by atoms with E-state index in [2.05, 4.69) is 24.3 Å². The van der Waals surface area contributed by atoms with Crippen LogP contribution >= 0.6 is 0 Å². The Morgan fingerprint density at radius 2 is 2.20 bits per heavy atom. The summed E-state index contributed by atoms with van der Waals surface area (Å²) in [6.45, 7) is 0. The maximum Gasteiger partial charge on any atom is 0.163 e. The molecule has 2 aliphatic carbocycles. The van der Waals surface area contributed by atoms with Crippen LogP contribution in [0.2, 0.25) is 0 Å². The third-order valence-corrected chi connectivity index (χ3v) is 2.83. The summed E-state index contributed by atoms with van der Waals surface area (Å²) in [6.07, 6.45) is 18.2. The smallest absolute Gasteiger partial charge is 0.163 e. The molecule has 2 aliphatic rings. The molecule has 0 amide bonds. The van der Waals surface area contributed by atoms with E-state index in [0.29, 0.717) is 12.3 Å². The van der Waals surface area contributed by atoms with Crippen molar-refractivity contribution in [3.63, 3.8) is 0 Å². The lowest BCUT2D eigenvalue weighted by Gasteiger charge is -2.13. The molecule has 2 rings (SSSR count). The number of ketones is 1. The van der Waals surface area contributed by atoms with Gasteiger partial charge in [-0.25, -0.2) is 0 Å². The van der Waals surface area contributed by atoms with Crippen LogP contribution in [-0.4, -0.2) is 5.78 Å². The van der Waals surface area contributed by atoms with Gasteiger partial charge in [0.05, 0.1) is 0 Å². The molecule has 0 bridgehead atoms. The number of carbonyl (C=O) groups is 1. The topological polar surface area (TPSA) is 17.1 Å². The number of rotatable bonds is 3. The molecule has 1 unspecified atom stereocenters. The van der Waals surface area contributed by atoms with Crippen molar-refractivity contribution in [1.29, 1.82) is 0 Å². The number of hydrogen-bond donors (Lipinski definition) is 0. The van der Waals surface area contributed by atoms with Crippen molar-refractivity contribution in [2.24, 2.45) is 5.92 Å². The third-order valence-electron chi connectivity index (χ3n) is 2.83. The van der Waals surface area contributed by atoms with Crippen molar-refractivity contribution >= 4 is 5.78 Å². The quantitative estimate of drug-likeness (QED) is 0.682. The van der Waals surface area contributed by atoms with Crippen molar-refractivity contribution in [2.45, 2.75) is 25.7 Å². The molecule has 0 saturated carbocycles. The molecule has 0 aliphatic heterocycles. The van der Waals surface area contributed by atoms with E-state index in [1.807, 2.05) is 18.2 Å². The zero-order valence-electron chi connectivity index (χ0n) is 8.86.